The minimum absolute atomic E-state index is 0.500. The van der Waals surface area contributed by atoms with E-state index in [1.165, 1.54) is 0 Å². The van der Waals surface area contributed by atoms with Crippen LogP contribution in [0.15, 0.2) is 30.5 Å². The molecular formula is C16H19ClN4O2. The molecule has 1 aromatic heterocycles. The number of aryl methyl sites for hydroxylation is 1. The Morgan fingerprint density at radius 2 is 2.09 bits per heavy atom. The molecule has 0 saturated carbocycles. The minimum Gasteiger partial charge on any atom is -0.382 e. The minimum atomic E-state index is 0.500. The average Bonchev–Trinajstić information content (AvgIpc) is 3.24. The molecule has 0 aliphatic carbocycles. The Kier molecular flexibility index (Phi) is 4.68. The second-order valence-electron chi connectivity index (χ2n) is 5.24. The molecule has 0 amide bonds. The predicted octanol–water partition coefficient (Wildman–Crippen LogP) is 3.66. The summed E-state index contributed by atoms with van der Waals surface area (Å²) in [5.74, 6) is 0.780. The predicted molar refractivity (Wildman–Crippen MR) is 91.4 cm³/mol. The van der Waals surface area contributed by atoms with Gasteiger partial charge in [-0.25, -0.2) is 9.99 Å². The molecule has 0 radical (unpaired) electrons. The lowest BCUT2D eigenvalue weighted by Gasteiger charge is -2.17. The molecule has 6 nitrogen and oxygen atoms in total. The molecule has 0 unspecified atom stereocenters. The summed E-state index contributed by atoms with van der Waals surface area (Å²) in [6.45, 7) is 3.06. The van der Waals surface area contributed by atoms with E-state index in [9.17, 15) is 0 Å². The summed E-state index contributed by atoms with van der Waals surface area (Å²) in [5, 5.41) is 7.66. The van der Waals surface area contributed by atoms with Gasteiger partial charge >= 0.3 is 0 Å². The van der Waals surface area contributed by atoms with Crippen LogP contribution in [0.3, 0.4) is 0 Å². The van der Waals surface area contributed by atoms with E-state index >= 15 is 0 Å². The van der Waals surface area contributed by atoms with Gasteiger partial charge in [-0.2, -0.15) is 0 Å². The maximum Gasteiger partial charge on any atom is 0.132 e. The third kappa shape index (κ3) is 3.56. The van der Waals surface area contributed by atoms with Gasteiger partial charge in [0.2, 0.25) is 0 Å². The second-order valence-corrected chi connectivity index (χ2v) is 5.68. The number of anilines is 4. The number of pyridine rings is 1. The van der Waals surface area contributed by atoms with Gasteiger partial charge in [0, 0.05) is 30.9 Å². The number of hydrazine groups is 1. The number of benzene rings is 1. The molecule has 0 saturated heterocycles. The molecule has 1 aliphatic heterocycles. The number of hydrogen-bond acceptors (Lipinski definition) is 6. The lowest BCUT2D eigenvalue weighted by Crippen LogP contribution is -2.28. The molecule has 1 aromatic carbocycles. The Labute approximate surface area is 140 Å². The molecule has 7 heteroatoms. The van der Waals surface area contributed by atoms with Crippen molar-refractivity contribution in [3.8, 4) is 0 Å². The largest absolute Gasteiger partial charge is 0.382 e. The van der Waals surface area contributed by atoms with Crippen molar-refractivity contribution >= 4 is 34.5 Å². The zero-order valence-corrected chi connectivity index (χ0v) is 14.1. The normalized spacial score (nSPS) is 12.5. The van der Waals surface area contributed by atoms with Crippen LogP contribution in [0.4, 0.5) is 22.9 Å². The summed E-state index contributed by atoms with van der Waals surface area (Å²) in [6.07, 6.45) is 1.82. The molecule has 2 aromatic rings. The number of aromatic nitrogens is 1. The quantitative estimate of drug-likeness (QED) is 0.474. The first-order valence-electron chi connectivity index (χ1n) is 7.29. The molecular weight excluding hydrogens is 316 g/mol. The van der Waals surface area contributed by atoms with Crippen molar-refractivity contribution in [2.45, 2.75) is 6.92 Å². The SMILES string of the molecule is COCCON(C)N1c2cnc(Nc3ccc(Cl)cc3C)cc21. The smallest absolute Gasteiger partial charge is 0.132 e. The third-order valence-corrected chi connectivity index (χ3v) is 3.80. The molecule has 0 fully saturated rings. The van der Waals surface area contributed by atoms with E-state index in [4.69, 9.17) is 21.2 Å². The van der Waals surface area contributed by atoms with Gasteiger partial charge in [0.25, 0.3) is 0 Å². The number of fused-ring (bicyclic) bond motifs is 1. The fourth-order valence-corrected chi connectivity index (χ4v) is 2.55. The number of ether oxygens (including phenoxy) is 1. The van der Waals surface area contributed by atoms with Crippen LogP contribution in [-0.4, -0.2) is 37.5 Å². The van der Waals surface area contributed by atoms with Crippen molar-refractivity contribution in [2.75, 3.05) is 37.7 Å². The van der Waals surface area contributed by atoms with E-state index < -0.39 is 0 Å². The van der Waals surface area contributed by atoms with Gasteiger partial charge in [-0.15, -0.1) is 0 Å². The zero-order chi connectivity index (χ0) is 16.4. The van der Waals surface area contributed by atoms with E-state index in [1.54, 1.807) is 12.3 Å². The molecule has 2 heterocycles. The van der Waals surface area contributed by atoms with E-state index in [0.29, 0.717) is 13.2 Å². The summed E-state index contributed by atoms with van der Waals surface area (Å²) in [4.78, 5) is 9.98. The van der Waals surface area contributed by atoms with Crippen LogP contribution < -0.4 is 10.3 Å². The van der Waals surface area contributed by atoms with Gasteiger partial charge in [-0.1, -0.05) is 16.8 Å². The number of halogens is 1. The maximum atomic E-state index is 5.98. The van der Waals surface area contributed by atoms with Gasteiger partial charge < -0.3 is 10.1 Å². The van der Waals surface area contributed by atoms with Crippen LogP contribution in [0.25, 0.3) is 0 Å². The van der Waals surface area contributed by atoms with Crippen molar-refractivity contribution in [1.82, 2.24) is 10.2 Å². The molecule has 0 spiro atoms. The van der Waals surface area contributed by atoms with Crippen LogP contribution in [0, 0.1) is 6.92 Å². The van der Waals surface area contributed by atoms with Gasteiger partial charge in [-0.05, 0) is 30.7 Å². The number of rotatable bonds is 7. The molecule has 0 bridgehead atoms. The van der Waals surface area contributed by atoms with Crippen LogP contribution in [-0.2, 0) is 9.57 Å². The first-order chi connectivity index (χ1) is 11.1. The number of hydrogen-bond donors (Lipinski definition) is 1. The second kappa shape index (κ2) is 6.72. The van der Waals surface area contributed by atoms with Gasteiger partial charge in [-0.3, -0.25) is 4.84 Å². The zero-order valence-electron chi connectivity index (χ0n) is 13.3. The highest BCUT2D eigenvalue weighted by Crippen LogP contribution is 2.49. The highest BCUT2D eigenvalue weighted by atomic mass is 35.5. The van der Waals surface area contributed by atoms with Crippen molar-refractivity contribution in [3.63, 3.8) is 0 Å². The van der Waals surface area contributed by atoms with Gasteiger partial charge in [0.15, 0.2) is 0 Å². The lowest BCUT2D eigenvalue weighted by molar-refractivity contribution is -0.145. The summed E-state index contributed by atoms with van der Waals surface area (Å²) < 4.78 is 4.97. The monoisotopic (exact) mass is 334 g/mol. The van der Waals surface area contributed by atoms with Crippen LogP contribution in [0.2, 0.25) is 5.02 Å². The molecule has 0 atom stereocenters. The number of methoxy groups -OCH3 is 1. The molecule has 1 N–H and O–H groups in total. The van der Waals surface area contributed by atoms with E-state index in [-0.39, 0.29) is 0 Å². The van der Waals surface area contributed by atoms with Gasteiger partial charge in [0.05, 0.1) is 25.1 Å². The maximum absolute atomic E-state index is 5.98. The highest BCUT2D eigenvalue weighted by molar-refractivity contribution is 6.30. The van der Waals surface area contributed by atoms with Crippen molar-refractivity contribution in [2.24, 2.45) is 0 Å². The summed E-state index contributed by atoms with van der Waals surface area (Å²) in [7, 11) is 3.50. The van der Waals surface area contributed by atoms with Crippen molar-refractivity contribution in [1.29, 1.82) is 0 Å². The summed E-state index contributed by atoms with van der Waals surface area (Å²) in [6, 6.07) is 7.71. The van der Waals surface area contributed by atoms with Crippen LogP contribution in [0.5, 0.6) is 0 Å². The van der Waals surface area contributed by atoms with Crippen LogP contribution >= 0.6 is 11.6 Å². The first kappa shape index (κ1) is 16.0. The third-order valence-electron chi connectivity index (χ3n) is 3.57. The Hall–Kier alpha value is -1.86. The van der Waals surface area contributed by atoms with Crippen LogP contribution in [0.1, 0.15) is 5.56 Å². The standard InChI is InChI=1S/C16H19ClN4O2/c1-11-8-12(17)4-5-13(11)19-16-9-14-15(10-18-16)21(14)20(2)23-7-6-22-3/h4-5,8-10H,6-7H2,1-3H3,(H,18,19). The topological polar surface area (TPSA) is 49.6 Å². The van der Waals surface area contributed by atoms with Crippen molar-refractivity contribution < 1.29 is 9.57 Å². The Morgan fingerprint density at radius 1 is 1.26 bits per heavy atom. The summed E-state index contributed by atoms with van der Waals surface area (Å²) in [5.41, 5.74) is 4.15. The average molecular weight is 335 g/mol. The van der Waals surface area contributed by atoms with E-state index in [0.717, 1.165) is 33.5 Å². The first-order valence-corrected chi connectivity index (χ1v) is 7.67. The molecule has 3 rings (SSSR count). The molecule has 23 heavy (non-hydrogen) atoms. The van der Waals surface area contributed by atoms with E-state index in [2.05, 4.69) is 10.3 Å². The summed E-state index contributed by atoms with van der Waals surface area (Å²) >= 11 is 5.98. The Balaban J connectivity index is 1.65. The van der Waals surface area contributed by atoms with Gasteiger partial charge in [0.1, 0.15) is 11.5 Å². The number of hydroxylamine groups is 1. The lowest BCUT2D eigenvalue weighted by atomic mass is 10.2. The Morgan fingerprint density at radius 3 is 2.83 bits per heavy atom. The fraction of sp³-hybridized carbons (Fsp3) is 0.312. The molecule has 122 valence electrons. The van der Waals surface area contributed by atoms with E-state index in [1.807, 2.05) is 49.4 Å². The molecule has 1 aliphatic rings. The Bertz CT molecular complexity index is 710. The highest BCUT2D eigenvalue weighted by Gasteiger charge is 2.34. The number of nitrogens with one attached hydrogen (secondary N) is 1. The number of nitrogens with zero attached hydrogens (tertiary/aromatic N) is 3. The fourth-order valence-electron chi connectivity index (χ4n) is 2.32. The van der Waals surface area contributed by atoms with Crippen molar-refractivity contribution in [3.05, 3.63) is 41.0 Å².